The van der Waals surface area contributed by atoms with Crippen molar-refractivity contribution >= 4 is 28.5 Å². The van der Waals surface area contributed by atoms with Crippen LogP contribution in [0.2, 0.25) is 5.02 Å². The van der Waals surface area contributed by atoms with E-state index < -0.39 is 5.97 Å². The number of hydrogen-bond acceptors (Lipinski definition) is 2. The molecule has 0 aliphatic heterocycles. The number of furan rings is 1. The third-order valence-corrected chi connectivity index (χ3v) is 3.62. The molecule has 0 aliphatic rings. The van der Waals surface area contributed by atoms with Crippen molar-refractivity contribution in [3.8, 4) is 11.3 Å². The predicted octanol–water partition coefficient (Wildman–Crippen LogP) is 4.76. The molecule has 1 aromatic heterocycles. The van der Waals surface area contributed by atoms with E-state index in [-0.39, 0.29) is 5.56 Å². The molecule has 100 valence electrons. The smallest absolute Gasteiger partial charge is 0.335 e. The number of carbonyl (C=O) groups is 1. The van der Waals surface area contributed by atoms with Gasteiger partial charge in [0.05, 0.1) is 10.6 Å². The number of carboxylic acid groups (broad SMARTS) is 1. The van der Waals surface area contributed by atoms with Crippen LogP contribution in [0.25, 0.3) is 22.3 Å². The summed E-state index contributed by atoms with van der Waals surface area (Å²) in [6.45, 7) is 1.77. The van der Waals surface area contributed by atoms with E-state index in [0.29, 0.717) is 21.9 Å². The van der Waals surface area contributed by atoms with Crippen molar-refractivity contribution in [3.63, 3.8) is 0 Å². The molecule has 0 unspecified atom stereocenters. The van der Waals surface area contributed by atoms with Crippen LogP contribution in [0.4, 0.5) is 0 Å². The van der Waals surface area contributed by atoms with E-state index in [0.717, 1.165) is 10.9 Å². The van der Waals surface area contributed by atoms with Crippen LogP contribution in [0, 0.1) is 6.92 Å². The lowest BCUT2D eigenvalue weighted by atomic mass is 10.0. The lowest BCUT2D eigenvalue weighted by Crippen LogP contribution is -2.00. The fourth-order valence-corrected chi connectivity index (χ4v) is 2.51. The van der Waals surface area contributed by atoms with Crippen LogP contribution in [0.3, 0.4) is 0 Å². The van der Waals surface area contributed by atoms with Gasteiger partial charge in [-0.2, -0.15) is 0 Å². The summed E-state index contributed by atoms with van der Waals surface area (Å²) in [7, 11) is 0. The van der Waals surface area contributed by atoms with Crippen molar-refractivity contribution in [2.45, 2.75) is 6.92 Å². The molecule has 0 spiro atoms. The predicted molar refractivity (Wildman–Crippen MR) is 78.4 cm³/mol. The van der Waals surface area contributed by atoms with Gasteiger partial charge in [-0.1, -0.05) is 35.9 Å². The number of hydrogen-bond donors (Lipinski definition) is 1. The molecule has 0 fully saturated rings. The van der Waals surface area contributed by atoms with E-state index in [2.05, 4.69) is 0 Å². The number of aromatic carboxylic acids is 1. The van der Waals surface area contributed by atoms with Crippen molar-refractivity contribution in [1.82, 2.24) is 0 Å². The van der Waals surface area contributed by atoms with Gasteiger partial charge in [-0.25, -0.2) is 4.79 Å². The van der Waals surface area contributed by atoms with Crippen LogP contribution in [0.15, 0.2) is 46.9 Å². The molecule has 0 bridgehead atoms. The maximum atomic E-state index is 11.2. The molecule has 0 radical (unpaired) electrons. The Balaban J connectivity index is 2.23. The van der Waals surface area contributed by atoms with Crippen molar-refractivity contribution in [2.24, 2.45) is 0 Å². The van der Waals surface area contributed by atoms with E-state index in [1.54, 1.807) is 25.1 Å². The molecule has 1 heterocycles. The van der Waals surface area contributed by atoms with Crippen molar-refractivity contribution < 1.29 is 14.3 Å². The summed E-state index contributed by atoms with van der Waals surface area (Å²) in [4.78, 5) is 11.2. The van der Waals surface area contributed by atoms with Crippen LogP contribution in [0.5, 0.6) is 0 Å². The average Bonchev–Trinajstić information content (AvgIpc) is 2.84. The first-order valence-corrected chi connectivity index (χ1v) is 6.47. The molecule has 0 saturated carbocycles. The van der Waals surface area contributed by atoms with Gasteiger partial charge in [-0.05, 0) is 30.7 Å². The molecule has 4 heteroatoms. The monoisotopic (exact) mass is 286 g/mol. The topological polar surface area (TPSA) is 50.4 Å². The molecule has 3 aromatic rings. The second-order valence-corrected chi connectivity index (χ2v) is 4.96. The Kier molecular flexibility index (Phi) is 2.99. The third kappa shape index (κ3) is 1.96. The molecular weight excluding hydrogens is 276 g/mol. The van der Waals surface area contributed by atoms with Gasteiger partial charge in [0.1, 0.15) is 5.76 Å². The van der Waals surface area contributed by atoms with Crippen LogP contribution < -0.4 is 0 Å². The van der Waals surface area contributed by atoms with Gasteiger partial charge in [0, 0.05) is 10.9 Å². The highest BCUT2D eigenvalue weighted by Crippen LogP contribution is 2.34. The SMILES string of the molecule is Cc1c(C(=O)O)cccc1-c1cc2cccc(Cl)c2o1. The Labute approximate surface area is 120 Å². The second kappa shape index (κ2) is 4.69. The minimum absolute atomic E-state index is 0.272. The zero-order valence-electron chi connectivity index (χ0n) is 10.7. The molecular formula is C16H11ClO3. The molecule has 0 atom stereocenters. The van der Waals surface area contributed by atoms with E-state index in [1.165, 1.54) is 0 Å². The van der Waals surface area contributed by atoms with Gasteiger partial charge in [-0.15, -0.1) is 0 Å². The lowest BCUT2D eigenvalue weighted by Gasteiger charge is -2.05. The Bertz CT molecular complexity index is 818. The van der Waals surface area contributed by atoms with E-state index >= 15 is 0 Å². The highest BCUT2D eigenvalue weighted by Gasteiger charge is 2.15. The van der Waals surface area contributed by atoms with Gasteiger partial charge in [0.25, 0.3) is 0 Å². The molecule has 20 heavy (non-hydrogen) atoms. The van der Waals surface area contributed by atoms with Crippen molar-refractivity contribution in [3.05, 3.63) is 58.6 Å². The summed E-state index contributed by atoms with van der Waals surface area (Å²) in [6.07, 6.45) is 0. The number of fused-ring (bicyclic) bond motifs is 1. The van der Waals surface area contributed by atoms with Crippen LogP contribution in [-0.2, 0) is 0 Å². The van der Waals surface area contributed by atoms with Crippen molar-refractivity contribution in [2.75, 3.05) is 0 Å². The number of benzene rings is 2. The lowest BCUT2D eigenvalue weighted by molar-refractivity contribution is 0.0696. The molecule has 0 saturated heterocycles. The maximum absolute atomic E-state index is 11.2. The zero-order valence-corrected chi connectivity index (χ0v) is 11.4. The Morgan fingerprint density at radius 3 is 2.65 bits per heavy atom. The van der Waals surface area contributed by atoms with Gasteiger partial charge in [0.2, 0.25) is 0 Å². The van der Waals surface area contributed by atoms with E-state index in [4.69, 9.17) is 21.1 Å². The molecule has 1 N–H and O–H groups in total. The second-order valence-electron chi connectivity index (χ2n) is 4.55. The maximum Gasteiger partial charge on any atom is 0.335 e. The normalized spacial score (nSPS) is 10.9. The largest absolute Gasteiger partial charge is 0.478 e. The van der Waals surface area contributed by atoms with Gasteiger partial charge in [-0.3, -0.25) is 0 Å². The fraction of sp³-hybridized carbons (Fsp3) is 0.0625. The number of rotatable bonds is 2. The van der Waals surface area contributed by atoms with Crippen LogP contribution in [-0.4, -0.2) is 11.1 Å². The first-order chi connectivity index (χ1) is 9.58. The molecule has 2 aromatic carbocycles. The summed E-state index contributed by atoms with van der Waals surface area (Å²) in [6, 6.07) is 12.5. The summed E-state index contributed by atoms with van der Waals surface area (Å²) >= 11 is 6.09. The number of carboxylic acids is 1. The highest BCUT2D eigenvalue weighted by atomic mass is 35.5. The standard InChI is InChI=1S/C16H11ClO3/c1-9-11(5-3-6-12(9)16(18)19)14-8-10-4-2-7-13(17)15(10)20-14/h2-8H,1H3,(H,18,19). The molecule has 0 aliphatic carbocycles. The minimum atomic E-state index is -0.946. The zero-order chi connectivity index (χ0) is 14.3. The average molecular weight is 287 g/mol. The third-order valence-electron chi connectivity index (χ3n) is 3.33. The Morgan fingerprint density at radius 1 is 1.20 bits per heavy atom. The van der Waals surface area contributed by atoms with Crippen LogP contribution in [0.1, 0.15) is 15.9 Å². The van der Waals surface area contributed by atoms with E-state index in [9.17, 15) is 4.79 Å². The summed E-state index contributed by atoms with van der Waals surface area (Å²) in [5, 5.41) is 10.6. The Morgan fingerprint density at radius 2 is 1.95 bits per heavy atom. The van der Waals surface area contributed by atoms with Gasteiger partial charge in [0.15, 0.2) is 5.58 Å². The summed E-state index contributed by atoms with van der Waals surface area (Å²) in [5.41, 5.74) is 2.32. The Hall–Kier alpha value is -2.26. The first kappa shape index (κ1) is 12.8. The van der Waals surface area contributed by atoms with Gasteiger partial charge < -0.3 is 9.52 Å². The summed E-state index contributed by atoms with van der Waals surface area (Å²) < 4.78 is 5.78. The first-order valence-electron chi connectivity index (χ1n) is 6.09. The van der Waals surface area contributed by atoms with E-state index in [1.807, 2.05) is 24.3 Å². The van der Waals surface area contributed by atoms with Crippen molar-refractivity contribution in [1.29, 1.82) is 0 Å². The molecule has 3 nitrogen and oxygen atoms in total. The molecule has 0 amide bonds. The van der Waals surface area contributed by atoms with Crippen LogP contribution >= 0.6 is 11.6 Å². The highest BCUT2D eigenvalue weighted by molar-refractivity contribution is 6.34. The minimum Gasteiger partial charge on any atom is -0.478 e. The fourth-order valence-electron chi connectivity index (χ4n) is 2.29. The quantitative estimate of drug-likeness (QED) is 0.739. The molecule has 3 rings (SSSR count). The van der Waals surface area contributed by atoms with Gasteiger partial charge >= 0.3 is 5.97 Å². The number of halogens is 1. The number of para-hydroxylation sites is 1. The summed E-state index contributed by atoms with van der Waals surface area (Å²) in [5.74, 6) is -0.327.